The second-order valence-electron chi connectivity index (χ2n) is 8.81. The van der Waals surface area contributed by atoms with Crippen LogP contribution in [-0.4, -0.2) is 42.6 Å². The Morgan fingerprint density at radius 3 is 1.97 bits per heavy atom. The van der Waals surface area contributed by atoms with Crippen molar-refractivity contribution in [1.29, 1.82) is 0 Å². The lowest BCUT2D eigenvalue weighted by molar-refractivity contribution is 0.193. The largest absolute Gasteiger partial charge is 0.354 e. The van der Waals surface area contributed by atoms with Crippen LogP contribution in [0.1, 0.15) is 36.1 Å². The molecule has 0 N–H and O–H groups in total. The highest BCUT2D eigenvalue weighted by molar-refractivity contribution is 5.38. The molecule has 0 amide bonds. The normalized spacial score (nSPS) is 17.0. The molecular weight excluding hydrogens is 426 g/mol. The van der Waals surface area contributed by atoms with Gasteiger partial charge in [-0.05, 0) is 36.1 Å². The van der Waals surface area contributed by atoms with Gasteiger partial charge in [-0.2, -0.15) is 9.81 Å². The molecule has 2 heterocycles. The Hall–Kier alpha value is -3.45. The molecule has 1 aliphatic heterocycles. The number of anilines is 1. The Balaban J connectivity index is 1.45. The Labute approximate surface area is 200 Å². The van der Waals surface area contributed by atoms with Gasteiger partial charge in [0.25, 0.3) is 0 Å². The standard InChI is InChI=1S/C27H31N5O2/c33-29-25(22-9-3-1-4-10-22)15-14-24(27(30-34)23-11-5-2-6-12-23)21-31-17-19-32(20-18-31)26-13-7-8-16-28-26/h1-13,16,24-25,27H,14-15,17-21H2. The Bertz CT molecular complexity index is 1010. The molecule has 7 heteroatoms. The number of nitrogens with zero attached hydrogens (tertiary/aromatic N) is 5. The van der Waals surface area contributed by atoms with Gasteiger partial charge in [0, 0.05) is 44.8 Å². The average Bonchev–Trinajstić information content (AvgIpc) is 2.91. The number of hydrogen-bond donors (Lipinski definition) is 0. The molecule has 0 aliphatic carbocycles. The van der Waals surface area contributed by atoms with Gasteiger partial charge in [0.2, 0.25) is 0 Å². The summed E-state index contributed by atoms with van der Waals surface area (Å²) >= 11 is 0. The van der Waals surface area contributed by atoms with Crippen LogP contribution in [0.5, 0.6) is 0 Å². The van der Waals surface area contributed by atoms with Gasteiger partial charge >= 0.3 is 0 Å². The summed E-state index contributed by atoms with van der Waals surface area (Å²) in [5, 5.41) is 6.95. The fraction of sp³-hybridized carbons (Fsp3) is 0.370. The molecule has 0 spiro atoms. The van der Waals surface area contributed by atoms with Crippen LogP contribution >= 0.6 is 0 Å². The van der Waals surface area contributed by atoms with Crippen molar-refractivity contribution in [2.45, 2.75) is 24.9 Å². The van der Waals surface area contributed by atoms with Crippen molar-refractivity contribution in [3.8, 4) is 0 Å². The second kappa shape index (κ2) is 12.1. The summed E-state index contributed by atoms with van der Waals surface area (Å²) in [6.07, 6.45) is 3.10. The van der Waals surface area contributed by atoms with Gasteiger partial charge in [-0.25, -0.2) is 4.98 Å². The number of hydrogen-bond acceptors (Lipinski definition) is 7. The van der Waals surface area contributed by atoms with E-state index in [-0.39, 0.29) is 5.92 Å². The molecule has 1 saturated heterocycles. The van der Waals surface area contributed by atoms with Crippen molar-refractivity contribution in [2.24, 2.45) is 16.3 Å². The first kappa shape index (κ1) is 23.7. The molecule has 0 saturated carbocycles. The molecule has 1 fully saturated rings. The van der Waals surface area contributed by atoms with Crippen molar-refractivity contribution in [1.82, 2.24) is 9.88 Å². The first-order valence-corrected chi connectivity index (χ1v) is 11.9. The van der Waals surface area contributed by atoms with Crippen molar-refractivity contribution < 1.29 is 0 Å². The predicted molar refractivity (Wildman–Crippen MR) is 136 cm³/mol. The smallest absolute Gasteiger partial charge is 0.128 e. The molecule has 3 aromatic rings. The molecule has 3 atom stereocenters. The predicted octanol–water partition coefficient (Wildman–Crippen LogP) is 5.62. The van der Waals surface area contributed by atoms with Gasteiger partial charge in [0.15, 0.2) is 0 Å². The molecule has 7 nitrogen and oxygen atoms in total. The van der Waals surface area contributed by atoms with Crippen molar-refractivity contribution in [2.75, 3.05) is 37.6 Å². The quantitative estimate of drug-likeness (QED) is 0.350. The zero-order valence-corrected chi connectivity index (χ0v) is 19.3. The van der Waals surface area contributed by atoms with E-state index < -0.39 is 12.1 Å². The number of nitroso groups, excluding NO2 is 2. The third-order valence-electron chi connectivity index (χ3n) is 6.66. The summed E-state index contributed by atoms with van der Waals surface area (Å²) in [7, 11) is 0. The van der Waals surface area contributed by atoms with Crippen LogP contribution in [0.2, 0.25) is 0 Å². The van der Waals surface area contributed by atoms with Gasteiger partial charge in [0.05, 0.1) is 0 Å². The number of pyridine rings is 1. The van der Waals surface area contributed by atoms with E-state index in [1.165, 1.54) is 0 Å². The van der Waals surface area contributed by atoms with Crippen molar-refractivity contribution in [3.63, 3.8) is 0 Å². The molecule has 0 bridgehead atoms. The van der Waals surface area contributed by atoms with E-state index in [4.69, 9.17) is 0 Å². The van der Waals surface area contributed by atoms with Crippen LogP contribution in [0.15, 0.2) is 95.4 Å². The molecule has 3 unspecified atom stereocenters. The minimum Gasteiger partial charge on any atom is -0.354 e. The van der Waals surface area contributed by atoms with Gasteiger partial charge in [-0.1, -0.05) is 77.1 Å². The lowest BCUT2D eigenvalue weighted by Gasteiger charge is -2.38. The van der Waals surface area contributed by atoms with Gasteiger partial charge in [-0.3, -0.25) is 4.90 Å². The fourth-order valence-corrected chi connectivity index (χ4v) is 4.78. The molecule has 2 aromatic carbocycles. The van der Waals surface area contributed by atoms with Crippen LogP contribution in [0.3, 0.4) is 0 Å². The molecule has 1 aromatic heterocycles. The lowest BCUT2D eigenvalue weighted by atomic mass is 9.87. The Morgan fingerprint density at radius 1 is 0.735 bits per heavy atom. The molecule has 34 heavy (non-hydrogen) atoms. The summed E-state index contributed by atoms with van der Waals surface area (Å²) < 4.78 is 0. The fourth-order valence-electron chi connectivity index (χ4n) is 4.78. The van der Waals surface area contributed by atoms with Crippen LogP contribution in [-0.2, 0) is 0 Å². The number of aromatic nitrogens is 1. The number of rotatable bonds is 11. The van der Waals surface area contributed by atoms with E-state index in [1.807, 2.05) is 85.1 Å². The lowest BCUT2D eigenvalue weighted by Crippen LogP contribution is -2.48. The first-order valence-electron chi connectivity index (χ1n) is 11.9. The number of piperazine rings is 1. The summed E-state index contributed by atoms with van der Waals surface area (Å²) in [5.74, 6) is 0.993. The van der Waals surface area contributed by atoms with Crippen LogP contribution < -0.4 is 4.90 Å². The zero-order chi connectivity index (χ0) is 23.6. The van der Waals surface area contributed by atoms with Crippen molar-refractivity contribution >= 4 is 5.82 Å². The van der Waals surface area contributed by atoms with Crippen LogP contribution in [0.25, 0.3) is 0 Å². The SMILES string of the molecule is O=NC(CCC(CN1CCN(c2ccccn2)CC1)C(N=O)c1ccccc1)c1ccccc1. The maximum Gasteiger partial charge on any atom is 0.128 e. The molecule has 176 valence electrons. The third-order valence-corrected chi connectivity index (χ3v) is 6.66. The topological polar surface area (TPSA) is 78.2 Å². The molecule has 1 aliphatic rings. The first-order chi connectivity index (χ1) is 16.8. The maximum atomic E-state index is 12.0. The molecule has 0 radical (unpaired) electrons. The number of benzene rings is 2. The van der Waals surface area contributed by atoms with E-state index in [9.17, 15) is 9.81 Å². The summed E-state index contributed by atoms with van der Waals surface area (Å²) in [5.41, 5.74) is 1.83. The Morgan fingerprint density at radius 2 is 1.38 bits per heavy atom. The molecular formula is C27H31N5O2. The minimum atomic E-state index is -0.460. The maximum absolute atomic E-state index is 12.0. The van der Waals surface area contributed by atoms with E-state index in [2.05, 4.69) is 25.1 Å². The van der Waals surface area contributed by atoms with Gasteiger partial charge in [0.1, 0.15) is 17.9 Å². The average molecular weight is 458 g/mol. The highest BCUT2D eigenvalue weighted by atomic mass is 16.3. The third kappa shape index (κ3) is 6.11. The summed E-state index contributed by atoms with van der Waals surface area (Å²) in [4.78, 5) is 32.8. The van der Waals surface area contributed by atoms with E-state index >= 15 is 0 Å². The monoisotopic (exact) mass is 457 g/mol. The van der Waals surface area contributed by atoms with E-state index in [0.717, 1.165) is 49.7 Å². The van der Waals surface area contributed by atoms with E-state index in [1.54, 1.807) is 0 Å². The second-order valence-corrected chi connectivity index (χ2v) is 8.81. The highest BCUT2D eigenvalue weighted by Gasteiger charge is 2.29. The van der Waals surface area contributed by atoms with Gasteiger partial charge < -0.3 is 4.90 Å². The van der Waals surface area contributed by atoms with Gasteiger partial charge in [-0.15, -0.1) is 0 Å². The Kier molecular flexibility index (Phi) is 8.46. The zero-order valence-electron chi connectivity index (χ0n) is 19.3. The van der Waals surface area contributed by atoms with Crippen LogP contribution in [0, 0.1) is 15.7 Å². The van der Waals surface area contributed by atoms with Crippen LogP contribution in [0.4, 0.5) is 5.82 Å². The molecule has 4 rings (SSSR count). The summed E-state index contributed by atoms with van der Waals surface area (Å²) in [6.45, 7) is 4.30. The minimum absolute atomic E-state index is 0.00531. The summed E-state index contributed by atoms with van der Waals surface area (Å²) in [6, 6.07) is 24.5. The highest BCUT2D eigenvalue weighted by Crippen LogP contribution is 2.34. The van der Waals surface area contributed by atoms with Crippen molar-refractivity contribution in [3.05, 3.63) is 106 Å². The van der Waals surface area contributed by atoms with E-state index in [0.29, 0.717) is 12.8 Å².